The van der Waals surface area contributed by atoms with E-state index in [-0.39, 0.29) is 17.9 Å². The predicted molar refractivity (Wildman–Crippen MR) is 167 cm³/mol. The lowest BCUT2D eigenvalue weighted by Gasteiger charge is -2.34. The first-order valence-electron chi connectivity index (χ1n) is 13.5. The number of anilines is 1. The molecule has 1 atom stereocenters. The molecule has 1 aliphatic rings. The number of nitrogens with zero attached hydrogens (tertiary/aromatic N) is 4. The first-order chi connectivity index (χ1) is 19.4. The Morgan fingerprint density at radius 2 is 1.45 bits per heavy atom. The normalized spacial score (nSPS) is 15.2. The van der Waals surface area contributed by atoms with Gasteiger partial charge >= 0.3 is 6.03 Å². The summed E-state index contributed by atoms with van der Waals surface area (Å²) in [7, 11) is 0. The molecule has 1 fully saturated rings. The topological polar surface area (TPSA) is 78.4 Å². The number of nitrogens with one attached hydrogen (secondary N) is 1. The van der Waals surface area contributed by atoms with Crippen molar-refractivity contribution in [1.29, 1.82) is 0 Å². The Kier molecular flexibility index (Phi) is 8.81. The number of benzene rings is 3. The van der Waals surface area contributed by atoms with Gasteiger partial charge in [0.15, 0.2) is 0 Å². The zero-order valence-corrected chi connectivity index (χ0v) is 25.7. The maximum atomic E-state index is 13.2. The lowest BCUT2D eigenvalue weighted by molar-refractivity contribution is -0.136. The molecule has 5 rings (SSSR count). The van der Waals surface area contributed by atoms with Gasteiger partial charge < -0.3 is 15.1 Å². The number of hydrogen-bond donors (Lipinski definition) is 1. The van der Waals surface area contributed by atoms with E-state index < -0.39 is 0 Å². The van der Waals surface area contributed by atoms with Crippen molar-refractivity contribution in [2.24, 2.45) is 5.92 Å². The maximum absolute atomic E-state index is 13.2. The highest BCUT2D eigenvalue weighted by atomic mass is 79.9. The average molecular weight is 665 g/mol. The number of likely N-dealkylation sites (tertiary alicyclic amines) is 1. The van der Waals surface area contributed by atoms with Crippen LogP contribution in [0.4, 0.5) is 10.5 Å². The largest absolute Gasteiger partial charge is 0.343 e. The van der Waals surface area contributed by atoms with Crippen LogP contribution in [0.3, 0.4) is 0 Å². The van der Waals surface area contributed by atoms with Crippen LogP contribution in [-0.2, 0) is 4.79 Å². The van der Waals surface area contributed by atoms with Gasteiger partial charge in [-0.25, -0.2) is 14.8 Å². The SMILES string of the molecule is CCN(CC)C(=O)C1CCCN(C(=O)Nc2ccc3nc(-c4ccc(Br)cc4)c(-c4ccc(Br)cc4)nc3c2)C1. The minimum absolute atomic E-state index is 0.130. The highest BCUT2D eigenvalue weighted by Crippen LogP contribution is 2.33. The molecule has 1 N–H and O–H groups in total. The number of urea groups is 1. The lowest BCUT2D eigenvalue weighted by atomic mass is 9.96. The molecule has 2 heterocycles. The van der Waals surface area contributed by atoms with Gasteiger partial charge in [-0.05, 0) is 69.2 Å². The summed E-state index contributed by atoms with van der Waals surface area (Å²) in [5.41, 5.74) is 5.52. The van der Waals surface area contributed by atoms with Crippen LogP contribution >= 0.6 is 31.9 Å². The third kappa shape index (κ3) is 6.20. The second-order valence-electron chi connectivity index (χ2n) is 9.86. The zero-order valence-electron chi connectivity index (χ0n) is 22.5. The minimum atomic E-state index is -0.205. The van der Waals surface area contributed by atoms with Gasteiger partial charge in [0.25, 0.3) is 0 Å². The minimum Gasteiger partial charge on any atom is -0.343 e. The number of aromatic nitrogens is 2. The van der Waals surface area contributed by atoms with Crippen LogP contribution in [0.25, 0.3) is 33.5 Å². The van der Waals surface area contributed by atoms with Gasteiger partial charge in [0.2, 0.25) is 5.91 Å². The van der Waals surface area contributed by atoms with E-state index in [1.54, 1.807) is 4.90 Å². The Labute approximate surface area is 251 Å². The molecule has 206 valence electrons. The molecule has 0 spiro atoms. The number of halogens is 2. The van der Waals surface area contributed by atoms with Gasteiger partial charge in [0, 0.05) is 51.9 Å². The third-order valence-electron chi connectivity index (χ3n) is 7.28. The summed E-state index contributed by atoms with van der Waals surface area (Å²) >= 11 is 7.02. The van der Waals surface area contributed by atoms with Gasteiger partial charge in [0.05, 0.1) is 28.3 Å². The first kappa shape index (κ1) is 28.2. The van der Waals surface area contributed by atoms with E-state index in [0.717, 1.165) is 49.8 Å². The van der Waals surface area contributed by atoms with Gasteiger partial charge in [0.1, 0.15) is 0 Å². The van der Waals surface area contributed by atoms with Crippen molar-refractivity contribution in [1.82, 2.24) is 19.8 Å². The van der Waals surface area contributed by atoms with Crippen molar-refractivity contribution >= 4 is 60.5 Å². The first-order valence-corrected chi connectivity index (χ1v) is 15.1. The van der Waals surface area contributed by atoms with Gasteiger partial charge in [-0.3, -0.25) is 4.79 Å². The van der Waals surface area contributed by atoms with E-state index in [1.807, 2.05) is 85.5 Å². The molecule has 0 radical (unpaired) electrons. The van der Waals surface area contributed by atoms with E-state index >= 15 is 0 Å². The number of carbonyl (C=O) groups excluding carboxylic acids is 2. The molecule has 1 saturated heterocycles. The summed E-state index contributed by atoms with van der Waals surface area (Å²) in [6, 6.07) is 21.4. The number of rotatable bonds is 6. The standard InChI is InChI=1S/C31H31Br2N5O2/c1-3-37(4-2)30(39)22-6-5-17-38(19-22)31(40)34-25-15-16-26-27(18-25)36-29(21-9-13-24(33)14-10-21)28(35-26)20-7-11-23(32)12-8-20/h7-16,18,22H,3-6,17,19H2,1-2H3,(H,34,40). The Bertz CT molecular complexity index is 1520. The van der Waals surface area contributed by atoms with Crippen molar-refractivity contribution in [3.8, 4) is 22.5 Å². The van der Waals surface area contributed by atoms with E-state index in [4.69, 9.17) is 9.97 Å². The molecule has 1 aliphatic heterocycles. The fourth-order valence-corrected chi connectivity index (χ4v) is 5.64. The molecule has 7 nitrogen and oxygen atoms in total. The average Bonchev–Trinajstić information content (AvgIpc) is 2.98. The highest BCUT2D eigenvalue weighted by Gasteiger charge is 2.30. The molecule has 9 heteroatoms. The number of carbonyl (C=O) groups is 2. The van der Waals surface area contributed by atoms with Gasteiger partial charge in [-0.15, -0.1) is 0 Å². The second kappa shape index (κ2) is 12.5. The van der Waals surface area contributed by atoms with Crippen molar-refractivity contribution < 1.29 is 9.59 Å². The van der Waals surface area contributed by atoms with Crippen LogP contribution in [0, 0.1) is 5.92 Å². The molecular formula is C31H31Br2N5O2. The molecule has 0 saturated carbocycles. The van der Waals surface area contributed by atoms with Gasteiger partial charge in [-0.2, -0.15) is 0 Å². The highest BCUT2D eigenvalue weighted by molar-refractivity contribution is 9.10. The van der Waals surface area contributed by atoms with E-state index in [2.05, 4.69) is 37.2 Å². The van der Waals surface area contributed by atoms with Crippen LogP contribution in [0.5, 0.6) is 0 Å². The molecule has 1 aromatic heterocycles. The quantitative estimate of drug-likeness (QED) is 0.230. The summed E-state index contributed by atoms with van der Waals surface area (Å²) in [5.74, 6) is -0.0297. The fourth-order valence-electron chi connectivity index (χ4n) is 5.11. The van der Waals surface area contributed by atoms with Crippen molar-refractivity contribution in [3.63, 3.8) is 0 Å². The Morgan fingerprint density at radius 1 is 0.875 bits per heavy atom. The smallest absolute Gasteiger partial charge is 0.321 e. The maximum Gasteiger partial charge on any atom is 0.321 e. The van der Waals surface area contributed by atoms with Crippen LogP contribution in [0.1, 0.15) is 26.7 Å². The molecule has 3 aromatic carbocycles. The molecule has 40 heavy (non-hydrogen) atoms. The van der Waals surface area contributed by atoms with E-state index in [9.17, 15) is 9.59 Å². The summed E-state index contributed by atoms with van der Waals surface area (Å²) < 4.78 is 1.98. The number of hydrogen-bond acceptors (Lipinski definition) is 4. The van der Waals surface area contributed by atoms with Gasteiger partial charge in [-0.1, -0.05) is 56.1 Å². The van der Waals surface area contributed by atoms with Crippen molar-refractivity contribution in [2.75, 3.05) is 31.5 Å². The lowest BCUT2D eigenvalue weighted by Crippen LogP contribution is -2.47. The third-order valence-corrected chi connectivity index (χ3v) is 8.34. The fraction of sp³-hybridized carbons (Fsp3) is 0.290. The summed E-state index contributed by atoms with van der Waals surface area (Å²) in [6.45, 7) is 6.40. The number of amides is 3. The summed E-state index contributed by atoms with van der Waals surface area (Å²) in [6.07, 6.45) is 1.62. The zero-order chi connectivity index (χ0) is 28.2. The van der Waals surface area contributed by atoms with E-state index in [1.165, 1.54) is 0 Å². The van der Waals surface area contributed by atoms with Crippen molar-refractivity contribution in [3.05, 3.63) is 75.7 Å². The summed E-state index contributed by atoms with van der Waals surface area (Å²) in [5, 5.41) is 3.02. The second-order valence-corrected chi connectivity index (χ2v) is 11.7. The van der Waals surface area contributed by atoms with Crippen molar-refractivity contribution in [2.45, 2.75) is 26.7 Å². The van der Waals surface area contributed by atoms with E-state index in [0.29, 0.717) is 37.4 Å². The van der Waals surface area contributed by atoms with Crippen LogP contribution in [-0.4, -0.2) is 57.9 Å². The Hall–Kier alpha value is -3.30. The van der Waals surface area contributed by atoms with Crippen LogP contribution in [0.15, 0.2) is 75.7 Å². The molecule has 4 aromatic rings. The Balaban J connectivity index is 1.42. The number of piperidine rings is 1. The number of fused-ring (bicyclic) bond motifs is 1. The molecule has 1 unspecified atom stereocenters. The van der Waals surface area contributed by atoms with Crippen LogP contribution in [0.2, 0.25) is 0 Å². The molecule has 0 aliphatic carbocycles. The summed E-state index contributed by atoms with van der Waals surface area (Å²) in [4.78, 5) is 39.7. The monoisotopic (exact) mass is 663 g/mol. The molecular weight excluding hydrogens is 634 g/mol. The predicted octanol–water partition coefficient (Wildman–Crippen LogP) is 7.60. The molecule has 3 amide bonds. The van der Waals surface area contributed by atoms with Crippen LogP contribution < -0.4 is 5.32 Å². The molecule has 0 bridgehead atoms. The Morgan fingerprint density at radius 3 is 2.02 bits per heavy atom.